The highest BCUT2D eigenvalue weighted by Crippen LogP contribution is 2.40. The van der Waals surface area contributed by atoms with Gasteiger partial charge in [-0.3, -0.25) is 9.89 Å². The van der Waals surface area contributed by atoms with Crippen molar-refractivity contribution in [1.82, 2.24) is 15.5 Å². The summed E-state index contributed by atoms with van der Waals surface area (Å²) in [6.45, 7) is 2.92. The summed E-state index contributed by atoms with van der Waals surface area (Å²) in [5.74, 6) is 0.0850. The maximum Gasteiger partial charge on any atom is 0.227 e. The summed E-state index contributed by atoms with van der Waals surface area (Å²) in [5.41, 5.74) is 7.40. The predicted molar refractivity (Wildman–Crippen MR) is 60.5 cm³/mol. The number of hydrogen-bond acceptors (Lipinski definition) is 3. The van der Waals surface area contributed by atoms with Crippen LogP contribution in [0.3, 0.4) is 0 Å². The van der Waals surface area contributed by atoms with E-state index >= 15 is 0 Å². The van der Waals surface area contributed by atoms with Crippen molar-refractivity contribution >= 4 is 5.91 Å². The highest BCUT2D eigenvalue weighted by atomic mass is 16.2. The first-order valence-corrected chi connectivity index (χ1v) is 5.65. The lowest BCUT2D eigenvalue weighted by atomic mass is 9.68. The summed E-state index contributed by atoms with van der Waals surface area (Å²) in [6, 6.07) is 0. The maximum atomic E-state index is 12.0. The first-order chi connectivity index (χ1) is 7.68. The first-order valence-electron chi connectivity index (χ1n) is 5.65. The molecule has 1 amide bonds. The Morgan fingerprint density at radius 1 is 1.69 bits per heavy atom. The van der Waals surface area contributed by atoms with E-state index < -0.39 is 0 Å². The Hall–Kier alpha value is -1.36. The minimum Gasteiger partial charge on any atom is -0.351 e. The Labute approximate surface area is 94.8 Å². The van der Waals surface area contributed by atoms with Crippen molar-refractivity contribution in [3.05, 3.63) is 17.5 Å². The molecule has 4 N–H and O–H groups in total. The second-order valence-electron chi connectivity index (χ2n) is 4.54. The van der Waals surface area contributed by atoms with E-state index in [9.17, 15) is 4.79 Å². The van der Waals surface area contributed by atoms with Gasteiger partial charge in [0.15, 0.2) is 0 Å². The van der Waals surface area contributed by atoms with Gasteiger partial charge in [0, 0.05) is 24.3 Å². The average Bonchev–Trinajstić information content (AvgIpc) is 2.60. The molecule has 0 unspecified atom stereocenters. The molecule has 88 valence electrons. The Kier molecular flexibility index (Phi) is 2.96. The highest BCUT2D eigenvalue weighted by Gasteiger charge is 2.42. The minimum absolute atomic E-state index is 0.0850. The van der Waals surface area contributed by atoms with Crippen molar-refractivity contribution in [3.63, 3.8) is 0 Å². The monoisotopic (exact) mass is 222 g/mol. The van der Waals surface area contributed by atoms with Crippen molar-refractivity contribution in [2.24, 2.45) is 11.1 Å². The fraction of sp³-hybridized carbons (Fsp3) is 0.636. The van der Waals surface area contributed by atoms with E-state index in [1.807, 2.05) is 6.92 Å². The molecule has 0 spiro atoms. The summed E-state index contributed by atoms with van der Waals surface area (Å²) < 4.78 is 0. The molecule has 2 rings (SSSR count). The van der Waals surface area contributed by atoms with Crippen LogP contribution in [0.2, 0.25) is 0 Å². The zero-order valence-electron chi connectivity index (χ0n) is 9.55. The van der Waals surface area contributed by atoms with E-state index in [0.717, 1.165) is 30.5 Å². The molecule has 1 heterocycles. The van der Waals surface area contributed by atoms with Gasteiger partial charge in [-0.15, -0.1) is 0 Å². The summed E-state index contributed by atoms with van der Waals surface area (Å²) in [4.78, 5) is 12.0. The smallest absolute Gasteiger partial charge is 0.227 e. The minimum atomic E-state index is -0.294. The normalized spacial score (nSPS) is 17.9. The molecule has 1 saturated carbocycles. The van der Waals surface area contributed by atoms with Crippen LogP contribution in [-0.4, -0.2) is 22.6 Å². The van der Waals surface area contributed by atoms with Crippen molar-refractivity contribution in [2.75, 3.05) is 6.54 Å². The number of aromatic nitrogens is 2. The lowest BCUT2D eigenvalue weighted by Crippen LogP contribution is -2.50. The highest BCUT2D eigenvalue weighted by molar-refractivity contribution is 5.83. The molecule has 0 saturated heterocycles. The summed E-state index contributed by atoms with van der Waals surface area (Å²) in [6.07, 6.45) is 4.68. The van der Waals surface area contributed by atoms with Crippen LogP contribution in [0, 0.1) is 12.3 Å². The van der Waals surface area contributed by atoms with E-state index in [1.54, 1.807) is 6.20 Å². The van der Waals surface area contributed by atoms with Crippen LogP contribution in [0.5, 0.6) is 0 Å². The van der Waals surface area contributed by atoms with Gasteiger partial charge < -0.3 is 11.1 Å². The first kappa shape index (κ1) is 11.1. The van der Waals surface area contributed by atoms with Crippen LogP contribution in [-0.2, 0) is 11.3 Å². The second kappa shape index (κ2) is 4.25. The number of nitrogens with two attached hydrogens (primary N) is 1. The SMILES string of the molecule is Cc1[nH]ncc1CNC(=O)C1(CN)CCC1. The number of aryl methyl sites for hydroxylation is 1. The molecule has 0 aliphatic heterocycles. The van der Waals surface area contributed by atoms with Gasteiger partial charge in [0.05, 0.1) is 11.6 Å². The third-order valence-corrected chi connectivity index (χ3v) is 3.56. The number of carbonyl (C=O) groups is 1. The standard InChI is InChI=1S/C11H18N4O/c1-8-9(6-14-15-8)5-13-10(16)11(7-12)3-2-4-11/h6H,2-5,7,12H2,1H3,(H,13,16)(H,14,15). The fourth-order valence-electron chi connectivity index (χ4n) is 2.04. The molecule has 1 aliphatic carbocycles. The quantitative estimate of drug-likeness (QED) is 0.692. The predicted octanol–water partition coefficient (Wildman–Crippen LogP) is 0.463. The van der Waals surface area contributed by atoms with Crippen molar-refractivity contribution in [3.8, 4) is 0 Å². The molecule has 1 aromatic rings. The lowest BCUT2D eigenvalue weighted by molar-refractivity contribution is -0.135. The zero-order chi connectivity index (χ0) is 11.6. The van der Waals surface area contributed by atoms with Crippen LogP contribution in [0.1, 0.15) is 30.5 Å². The van der Waals surface area contributed by atoms with Crippen LogP contribution >= 0.6 is 0 Å². The van der Waals surface area contributed by atoms with Crippen molar-refractivity contribution < 1.29 is 4.79 Å². The van der Waals surface area contributed by atoms with Gasteiger partial charge in [-0.2, -0.15) is 5.10 Å². The molecule has 0 aromatic carbocycles. The Morgan fingerprint density at radius 2 is 2.44 bits per heavy atom. The molecule has 16 heavy (non-hydrogen) atoms. The van der Waals surface area contributed by atoms with E-state index in [0.29, 0.717) is 13.1 Å². The van der Waals surface area contributed by atoms with E-state index in [4.69, 9.17) is 5.73 Å². The number of H-pyrrole nitrogens is 1. The summed E-state index contributed by atoms with van der Waals surface area (Å²) in [5, 5.41) is 9.70. The lowest BCUT2D eigenvalue weighted by Gasteiger charge is -2.39. The van der Waals surface area contributed by atoms with Crippen LogP contribution in [0.15, 0.2) is 6.20 Å². The number of nitrogens with one attached hydrogen (secondary N) is 2. The summed E-state index contributed by atoms with van der Waals surface area (Å²) >= 11 is 0. The Bertz CT molecular complexity index is 376. The molecule has 0 atom stereocenters. The molecule has 5 nitrogen and oxygen atoms in total. The van der Waals surface area contributed by atoms with Gasteiger partial charge in [0.25, 0.3) is 0 Å². The average molecular weight is 222 g/mol. The molecule has 5 heteroatoms. The van der Waals surface area contributed by atoms with Gasteiger partial charge >= 0.3 is 0 Å². The third kappa shape index (κ3) is 1.82. The van der Waals surface area contributed by atoms with Gasteiger partial charge in [-0.05, 0) is 19.8 Å². The van der Waals surface area contributed by atoms with Gasteiger partial charge in [0.2, 0.25) is 5.91 Å². The van der Waals surface area contributed by atoms with Gasteiger partial charge in [-0.1, -0.05) is 6.42 Å². The Balaban J connectivity index is 1.91. The maximum absolute atomic E-state index is 12.0. The molecule has 1 aromatic heterocycles. The van der Waals surface area contributed by atoms with Crippen LogP contribution in [0.25, 0.3) is 0 Å². The Morgan fingerprint density at radius 3 is 2.88 bits per heavy atom. The number of hydrogen-bond donors (Lipinski definition) is 3. The molecule has 0 radical (unpaired) electrons. The van der Waals surface area contributed by atoms with Crippen LogP contribution < -0.4 is 11.1 Å². The molecule has 0 bridgehead atoms. The topological polar surface area (TPSA) is 83.8 Å². The number of amides is 1. The van der Waals surface area contributed by atoms with Gasteiger partial charge in [0.1, 0.15) is 0 Å². The molecular weight excluding hydrogens is 204 g/mol. The third-order valence-electron chi connectivity index (χ3n) is 3.56. The molecule has 1 fully saturated rings. The number of carbonyl (C=O) groups excluding carboxylic acids is 1. The van der Waals surface area contributed by atoms with E-state index in [1.165, 1.54) is 0 Å². The zero-order valence-corrected chi connectivity index (χ0v) is 9.55. The summed E-state index contributed by atoms with van der Waals surface area (Å²) in [7, 11) is 0. The van der Waals surface area contributed by atoms with Crippen molar-refractivity contribution in [1.29, 1.82) is 0 Å². The fourth-order valence-corrected chi connectivity index (χ4v) is 2.04. The number of nitrogens with zero attached hydrogens (tertiary/aromatic N) is 1. The number of rotatable bonds is 4. The second-order valence-corrected chi connectivity index (χ2v) is 4.54. The van der Waals surface area contributed by atoms with Gasteiger partial charge in [-0.25, -0.2) is 0 Å². The molecule has 1 aliphatic rings. The van der Waals surface area contributed by atoms with E-state index in [-0.39, 0.29) is 11.3 Å². The van der Waals surface area contributed by atoms with E-state index in [2.05, 4.69) is 15.5 Å². The van der Waals surface area contributed by atoms with Crippen molar-refractivity contribution in [2.45, 2.75) is 32.7 Å². The molecular formula is C11H18N4O. The number of aromatic amines is 1. The van der Waals surface area contributed by atoms with Crippen LogP contribution in [0.4, 0.5) is 0 Å². The largest absolute Gasteiger partial charge is 0.351 e.